The van der Waals surface area contributed by atoms with Gasteiger partial charge in [-0.15, -0.1) is 0 Å². The molecule has 23 heavy (non-hydrogen) atoms. The number of aryl methyl sites for hydroxylation is 4. The molecular weight excluding hydrogens is 288 g/mol. The lowest BCUT2D eigenvalue weighted by Gasteiger charge is -2.33. The van der Waals surface area contributed by atoms with E-state index in [0.717, 1.165) is 16.7 Å². The summed E-state index contributed by atoms with van der Waals surface area (Å²) >= 11 is 0. The monoisotopic (exact) mass is 310 g/mol. The van der Waals surface area contributed by atoms with Crippen LogP contribution in [-0.2, 0) is 4.74 Å². The second-order valence-electron chi connectivity index (χ2n) is 6.36. The zero-order valence-electron chi connectivity index (χ0n) is 14.3. The smallest absolute Gasteiger partial charge is 0.199 e. The zero-order chi connectivity index (χ0) is 16.7. The fraction of sp³-hybridized carbons (Fsp3) is 0.350. The SMILES string of the molecule is COC1C(=O)c2c(C)cc(C)cc2OC1c1ccc(C)c(C)c1. The summed E-state index contributed by atoms with van der Waals surface area (Å²) in [6.45, 7) is 8.08. The van der Waals surface area contributed by atoms with Gasteiger partial charge in [0.25, 0.3) is 0 Å². The lowest BCUT2D eigenvalue weighted by atomic mass is 9.89. The van der Waals surface area contributed by atoms with Crippen molar-refractivity contribution >= 4 is 5.78 Å². The van der Waals surface area contributed by atoms with Crippen LogP contribution in [0.15, 0.2) is 30.3 Å². The molecule has 3 rings (SSSR count). The maximum atomic E-state index is 12.9. The summed E-state index contributed by atoms with van der Waals surface area (Å²) in [5.41, 5.74) is 6.03. The molecule has 1 heterocycles. The third-order valence-corrected chi connectivity index (χ3v) is 4.59. The molecule has 0 saturated heterocycles. The minimum absolute atomic E-state index is 0.00511. The molecule has 2 atom stereocenters. The van der Waals surface area contributed by atoms with Gasteiger partial charge in [-0.2, -0.15) is 0 Å². The number of ketones is 1. The number of methoxy groups -OCH3 is 1. The van der Waals surface area contributed by atoms with Gasteiger partial charge in [-0.1, -0.05) is 24.3 Å². The van der Waals surface area contributed by atoms with Gasteiger partial charge in [0, 0.05) is 7.11 Å². The molecule has 120 valence electrons. The molecule has 2 aromatic rings. The summed E-state index contributed by atoms with van der Waals surface area (Å²) in [5.74, 6) is 0.651. The first kappa shape index (κ1) is 15.8. The molecule has 1 aliphatic rings. The van der Waals surface area contributed by atoms with E-state index in [0.29, 0.717) is 11.3 Å². The Kier molecular flexibility index (Phi) is 3.99. The number of fused-ring (bicyclic) bond motifs is 1. The van der Waals surface area contributed by atoms with Crippen LogP contribution in [0.25, 0.3) is 0 Å². The first-order chi connectivity index (χ1) is 10.9. The molecule has 0 bridgehead atoms. The van der Waals surface area contributed by atoms with Crippen LogP contribution in [0.5, 0.6) is 5.75 Å². The number of Topliss-reactive ketones (excluding diaryl/α,β-unsaturated/α-hetero) is 1. The molecule has 0 aliphatic carbocycles. The van der Waals surface area contributed by atoms with Crippen molar-refractivity contribution in [2.24, 2.45) is 0 Å². The van der Waals surface area contributed by atoms with Gasteiger partial charge in [0.2, 0.25) is 0 Å². The minimum atomic E-state index is -0.619. The van der Waals surface area contributed by atoms with Crippen LogP contribution >= 0.6 is 0 Å². The molecule has 1 aliphatic heterocycles. The number of carbonyl (C=O) groups excluding carboxylic acids is 1. The predicted molar refractivity (Wildman–Crippen MR) is 90.3 cm³/mol. The summed E-state index contributed by atoms with van der Waals surface area (Å²) in [6.07, 6.45) is -1.04. The Labute approximate surface area is 137 Å². The molecular formula is C20H22O3. The fourth-order valence-electron chi connectivity index (χ4n) is 3.23. The number of benzene rings is 2. The van der Waals surface area contributed by atoms with Crippen molar-refractivity contribution in [3.05, 3.63) is 63.7 Å². The van der Waals surface area contributed by atoms with E-state index in [-0.39, 0.29) is 5.78 Å². The van der Waals surface area contributed by atoms with Gasteiger partial charge in [-0.05, 0) is 61.6 Å². The number of ether oxygens (including phenoxy) is 2. The van der Waals surface area contributed by atoms with Gasteiger partial charge < -0.3 is 9.47 Å². The Bertz CT molecular complexity index is 777. The quantitative estimate of drug-likeness (QED) is 0.832. The highest BCUT2D eigenvalue weighted by Crippen LogP contribution is 2.38. The highest BCUT2D eigenvalue weighted by Gasteiger charge is 2.39. The van der Waals surface area contributed by atoms with E-state index in [2.05, 4.69) is 26.0 Å². The van der Waals surface area contributed by atoms with E-state index in [1.165, 1.54) is 11.1 Å². The second-order valence-corrected chi connectivity index (χ2v) is 6.36. The van der Waals surface area contributed by atoms with E-state index in [1.807, 2.05) is 32.0 Å². The van der Waals surface area contributed by atoms with E-state index in [9.17, 15) is 4.79 Å². The molecule has 0 radical (unpaired) electrons. The Morgan fingerprint density at radius 2 is 1.70 bits per heavy atom. The third-order valence-electron chi connectivity index (χ3n) is 4.59. The van der Waals surface area contributed by atoms with Gasteiger partial charge in [-0.3, -0.25) is 4.79 Å². The van der Waals surface area contributed by atoms with E-state index >= 15 is 0 Å². The van der Waals surface area contributed by atoms with E-state index in [4.69, 9.17) is 9.47 Å². The van der Waals surface area contributed by atoms with Crippen LogP contribution in [0.1, 0.15) is 44.3 Å². The molecule has 0 saturated carbocycles. The van der Waals surface area contributed by atoms with Gasteiger partial charge in [0.05, 0.1) is 5.56 Å². The van der Waals surface area contributed by atoms with Gasteiger partial charge in [-0.25, -0.2) is 0 Å². The third kappa shape index (κ3) is 2.66. The summed E-state index contributed by atoms with van der Waals surface area (Å²) in [7, 11) is 1.56. The molecule has 3 nitrogen and oxygen atoms in total. The molecule has 2 unspecified atom stereocenters. The van der Waals surface area contributed by atoms with Crippen LogP contribution in [0.4, 0.5) is 0 Å². The van der Waals surface area contributed by atoms with Crippen molar-refractivity contribution in [3.63, 3.8) is 0 Å². The molecule has 3 heteroatoms. The minimum Gasteiger partial charge on any atom is -0.482 e. The second kappa shape index (κ2) is 5.82. The molecule has 0 amide bonds. The Morgan fingerprint density at radius 3 is 2.35 bits per heavy atom. The summed E-state index contributed by atoms with van der Waals surface area (Å²) < 4.78 is 11.7. The summed E-state index contributed by atoms with van der Waals surface area (Å²) in [6, 6.07) is 10.1. The van der Waals surface area contributed by atoms with Crippen molar-refractivity contribution in [2.75, 3.05) is 7.11 Å². The lowest BCUT2D eigenvalue weighted by Crippen LogP contribution is -2.38. The van der Waals surface area contributed by atoms with Gasteiger partial charge >= 0.3 is 0 Å². The number of hydrogen-bond acceptors (Lipinski definition) is 3. The molecule has 0 aromatic heterocycles. The topological polar surface area (TPSA) is 35.5 Å². The van der Waals surface area contributed by atoms with Crippen LogP contribution in [0, 0.1) is 27.7 Å². The van der Waals surface area contributed by atoms with E-state index < -0.39 is 12.2 Å². The van der Waals surface area contributed by atoms with E-state index in [1.54, 1.807) is 7.11 Å². The average molecular weight is 310 g/mol. The number of carbonyl (C=O) groups is 1. The summed E-state index contributed by atoms with van der Waals surface area (Å²) in [4.78, 5) is 12.9. The van der Waals surface area contributed by atoms with Crippen molar-refractivity contribution in [1.82, 2.24) is 0 Å². The number of hydrogen-bond donors (Lipinski definition) is 0. The van der Waals surface area contributed by atoms with Crippen molar-refractivity contribution < 1.29 is 14.3 Å². The average Bonchev–Trinajstić information content (AvgIpc) is 2.49. The Hall–Kier alpha value is -2.13. The molecule has 0 spiro atoms. The highest BCUT2D eigenvalue weighted by atomic mass is 16.5. The Morgan fingerprint density at radius 1 is 0.957 bits per heavy atom. The molecule has 0 fully saturated rings. The Balaban J connectivity index is 2.11. The van der Waals surface area contributed by atoms with Gasteiger partial charge in [0.1, 0.15) is 5.75 Å². The maximum absolute atomic E-state index is 12.9. The molecule has 2 aromatic carbocycles. The molecule has 0 N–H and O–H groups in total. The highest BCUT2D eigenvalue weighted by molar-refractivity contribution is 6.04. The largest absolute Gasteiger partial charge is 0.482 e. The number of rotatable bonds is 2. The first-order valence-corrected chi connectivity index (χ1v) is 7.84. The normalized spacial score (nSPS) is 20.1. The standard InChI is InChI=1S/C20H22O3/c1-11-8-14(4)17-16(9-11)23-19(20(22-5)18(17)21)15-7-6-12(2)13(3)10-15/h6-10,19-20H,1-5H3. The fourth-order valence-corrected chi connectivity index (χ4v) is 3.23. The predicted octanol–water partition coefficient (Wildman–Crippen LogP) is 4.25. The van der Waals surface area contributed by atoms with Crippen molar-refractivity contribution in [1.29, 1.82) is 0 Å². The van der Waals surface area contributed by atoms with Crippen LogP contribution in [0.3, 0.4) is 0 Å². The maximum Gasteiger partial charge on any atom is 0.199 e. The zero-order valence-corrected chi connectivity index (χ0v) is 14.3. The van der Waals surface area contributed by atoms with Crippen molar-refractivity contribution in [2.45, 2.75) is 39.9 Å². The summed E-state index contributed by atoms with van der Waals surface area (Å²) in [5, 5.41) is 0. The van der Waals surface area contributed by atoms with Crippen molar-refractivity contribution in [3.8, 4) is 5.75 Å². The lowest BCUT2D eigenvalue weighted by molar-refractivity contribution is -0.000758. The first-order valence-electron chi connectivity index (χ1n) is 7.84. The van der Waals surface area contributed by atoms with Crippen LogP contribution in [0.2, 0.25) is 0 Å². The van der Waals surface area contributed by atoms with Crippen LogP contribution in [-0.4, -0.2) is 19.0 Å². The van der Waals surface area contributed by atoms with Gasteiger partial charge in [0.15, 0.2) is 18.0 Å². The van der Waals surface area contributed by atoms with Crippen LogP contribution < -0.4 is 4.74 Å².